The molecule has 16 heavy (non-hydrogen) atoms. The first-order valence-corrected chi connectivity index (χ1v) is 5.44. The van der Waals surface area contributed by atoms with Gasteiger partial charge in [-0.2, -0.15) is 0 Å². The number of aliphatic carboxylic acids is 1. The summed E-state index contributed by atoms with van der Waals surface area (Å²) >= 11 is 0. The Kier molecular flexibility index (Phi) is 3.10. The van der Waals surface area contributed by atoms with Crippen LogP contribution in [0.4, 0.5) is 0 Å². The molecule has 0 amide bonds. The first kappa shape index (κ1) is 11.0. The highest BCUT2D eigenvalue weighted by molar-refractivity contribution is 5.75. The molecule has 1 fully saturated rings. The van der Waals surface area contributed by atoms with E-state index in [0.29, 0.717) is 5.56 Å². The number of rotatable bonds is 3. The molecule has 1 aliphatic heterocycles. The lowest BCUT2D eigenvalue weighted by Gasteiger charge is -2.23. The van der Waals surface area contributed by atoms with E-state index in [0.717, 1.165) is 25.9 Å². The van der Waals surface area contributed by atoms with Crippen molar-refractivity contribution < 1.29 is 15.0 Å². The van der Waals surface area contributed by atoms with Gasteiger partial charge in [0.2, 0.25) is 0 Å². The summed E-state index contributed by atoms with van der Waals surface area (Å²) in [5.74, 6) is -0.740. The average Bonchev–Trinajstić information content (AvgIpc) is 2.71. The van der Waals surface area contributed by atoms with Gasteiger partial charge in [0.25, 0.3) is 0 Å². The van der Waals surface area contributed by atoms with Gasteiger partial charge in [0.1, 0.15) is 11.8 Å². The minimum atomic E-state index is -0.854. The number of phenolic OH excluding ortho intramolecular Hbond substituents is 1. The highest BCUT2D eigenvalue weighted by atomic mass is 16.4. The van der Waals surface area contributed by atoms with Gasteiger partial charge in [-0.05, 0) is 43.6 Å². The molecule has 0 spiro atoms. The molecule has 86 valence electrons. The SMILES string of the molecule is O=C(O)C(c1cccc(O)c1)N1CCCC1. The minimum absolute atomic E-state index is 0.114. The number of hydrogen-bond donors (Lipinski definition) is 2. The topological polar surface area (TPSA) is 60.8 Å². The summed E-state index contributed by atoms with van der Waals surface area (Å²) < 4.78 is 0. The number of phenols is 1. The van der Waals surface area contributed by atoms with Gasteiger partial charge in [-0.3, -0.25) is 9.69 Å². The molecule has 0 radical (unpaired) electrons. The van der Waals surface area contributed by atoms with Crippen LogP contribution in [-0.2, 0) is 4.79 Å². The van der Waals surface area contributed by atoms with Gasteiger partial charge in [0, 0.05) is 0 Å². The molecule has 1 atom stereocenters. The summed E-state index contributed by atoms with van der Waals surface area (Å²) in [6.45, 7) is 1.62. The molecule has 1 saturated heterocycles. The molecule has 0 saturated carbocycles. The third kappa shape index (κ3) is 2.17. The number of nitrogens with zero attached hydrogens (tertiary/aromatic N) is 1. The number of aromatic hydroxyl groups is 1. The zero-order valence-corrected chi connectivity index (χ0v) is 8.97. The molecule has 1 aromatic rings. The van der Waals surface area contributed by atoms with E-state index < -0.39 is 12.0 Å². The summed E-state index contributed by atoms with van der Waals surface area (Å²) in [6, 6.07) is 5.87. The number of likely N-dealkylation sites (tertiary alicyclic amines) is 1. The van der Waals surface area contributed by atoms with Crippen molar-refractivity contribution in [2.24, 2.45) is 0 Å². The maximum atomic E-state index is 11.3. The second kappa shape index (κ2) is 4.53. The van der Waals surface area contributed by atoms with Gasteiger partial charge >= 0.3 is 5.97 Å². The van der Waals surface area contributed by atoms with Gasteiger partial charge in [0.15, 0.2) is 0 Å². The van der Waals surface area contributed by atoms with Crippen molar-refractivity contribution in [1.82, 2.24) is 4.90 Å². The average molecular weight is 221 g/mol. The maximum absolute atomic E-state index is 11.3. The van der Waals surface area contributed by atoms with Gasteiger partial charge in [-0.25, -0.2) is 0 Å². The Morgan fingerprint density at radius 1 is 1.31 bits per heavy atom. The van der Waals surface area contributed by atoms with Gasteiger partial charge in [-0.1, -0.05) is 12.1 Å². The van der Waals surface area contributed by atoms with Gasteiger partial charge in [-0.15, -0.1) is 0 Å². The molecule has 0 aliphatic carbocycles. The molecular formula is C12H15NO3. The van der Waals surface area contributed by atoms with Crippen LogP contribution in [0.5, 0.6) is 5.75 Å². The van der Waals surface area contributed by atoms with E-state index in [-0.39, 0.29) is 5.75 Å². The fraction of sp³-hybridized carbons (Fsp3) is 0.417. The third-order valence-electron chi connectivity index (χ3n) is 2.93. The normalized spacial score (nSPS) is 18.5. The van der Waals surface area contributed by atoms with Crippen LogP contribution in [-0.4, -0.2) is 34.2 Å². The Bertz CT molecular complexity index is 386. The van der Waals surface area contributed by atoms with Crippen molar-refractivity contribution in [2.75, 3.05) is 13.1 Å². The molecular weight excluding hydrogens is 206 g/mol. The van der Waals surface area contributed by atoms with Crippen molar-refractivity contribution in [1.29, 1.82) is 0 Å². The van der Waals surface area contributed by atoms with Crippen LogP contribution < -0.4 is 0 Å². The predicted molar refractivity (Wildman–Crippen MR) is 59.3 cm³/mol. The fourth-order valence-electron chi connectivity index (χ4n) is 2.20. The van der Waals surface area contributed by atoms with E-state index in [4.69, 9.17) is 0 Å². The number of benzene rings is 1. The summed E-state index contributed by atoms with van der Waals surface area (Å²) in [5, 5.41) is 18.6. The van der Waals surface area contributed by atoms with Crippen molar-refractivity contribution in [3.05, 3.63) is 29.8 Å². The Hall–Kier alpha value is -1.55. The van der Waals surface area contributed by atoms with Crippen molar-refractivity contribution in [3.8, 4) is 5.75 Å². The maximum Gasteiger partial charge on any atom is 0.325 e. The van der Waals surface area contributed by atoms with Crippen LogP contribution in [0.25, 0.3) is 0 Å². The van der Waals surface area contributed by atoms with Gasteiger partial charge in [0.05, 0.1) is 0 Å². The first-order valence-electron chi connectivity index (χ1n) is 5.44. The van der Waals surface area contributed by atoms with E-state index in [9.17, 15) is 15.0 Å². The smallest absolute Gasteiger partial charge is 0.325 e. The zero-order chi connectivity index (χ0) is 11.5. The standard InChI is InChI=1S/C12H15NO3/c14-10-5-3-4-9(8-10)11(12(15)16)13-6-1-2-7-13/h3-5,8,11,14H,1-2,6-7H2,(H,15,16). The molecule has 1 aromatic carbocycles. The van der Waals surface area contributed by atoms with Crippen LogP contribution in [0.15, 0.2) is 24.3 Å². The van der Waals surface area contributed by atoms with Gasteiger partial charge < -0.3 is 10.2 Å². The summed E-state index contributed by atoms with van der Waals surface area (Å²) in [5.41, 5.74) is 0.648. The number of carbonyl (C=O) groups is 1. The molecule has 0 bridgehead atoms. The quantitative estimate of drug-likeness (QED) is 0.814. The number of carboxylic acids is 1. The molecule has 4 nitrogen and oxygen atoms in total. The molecule has 1 heterocycles. The second-order valence-corrected chi connectivity index (χ2v) is 4.08. The van der Waals surface area contributed by atoms with E-state index >= 15 is 0 Å². The van der Waals surface area contributed by atoms with Crippen molar-refractivity contribution in [3.63, 3.8) is 0 Å². The summed E-state index contributed by atoms with van der Waals surface area (Å²) in [4.78, 5) is 13.2. The van der Waals surface area contributed by atoms with Crippen LogP contribution in [0.1, 0.15) is 24.4 Å². The summed E-state index contributed by atoms with van der Waals surface area (Å²) in [7, 11) is 0. The molecule has 4 heteroatoms. The Labute approximate surface area is 94.1 Å². The van der Waals surface area contributed by atoms with Crippen molar-refractivity contribution >= 4 is 5.97 Å². The van der Waals surface area contributed by atoms with E-state index in [1.165, 1.54) is 6.07 Å². The Balaban J connectivity index is 2.28. The molecule has 1 aliphatic rings. The minimum Gasteiger partial charge on any atom is -0.508 e. The highest BCUT2D eigenvalue weighted by Gasteiger charge is 2.29. The Morgan fingerprint density at radius 2 is 2.00 bits per heavy atom. The lowest BCUT2D eigenvalue weighted by atomic mass is 10.1. The third-order valence-corrected chi connectivity index (χ3v) is 2.93. The lowest BCUT2D eigenvalue weighted by Crippen LogP contribution is -2.31. The Morgan fingerprint density at radius 3 is 2.56 bits per heavy atom. The fourth-order valence-corrected chi connectivity index (χ4v) is 2.20. The van der Waals surface area contributed by atoms with E-state index in [1.807, 2.05) is 4.90 Å². The van der Waals surface area contributed by atoms with Crippen LogP contribution in [0.2, 0.25) is 0 Å². The molecule has 2 rings (SSSR count). The second-order valence-electron chi connectivity index (χ2n) is 4.08. The van der Waals surface area contributed by atoms with E-state index in [1.54, 1.807) is 18.2 Å². The molecule has 2 N–H and O–H groups in total. The number of carboxylic acid groups (broad SMARTS) is 1. The molecule has 1 unspecified atom stereocenters. The summed E-state index contributed by atoms with van der Waals surface area (Å²) in [6.07, 6.45) is 2.09. The van der Waals surface area contributed by atoms with E-state index in [2.05, 4.69) is 0 Å². The highest BCUT2D eigenvalue weighted by Crippen LogP contribution is 2.27. The lowest BCUT2D eigenvalue weighted by molar-refractivity contribution is -0.143. The largest absolute Gasteiger partial charge is 0.508 e. The monoisotopic (exact) mass is 221 g/mol. The zero-order valence-electron chi connectivity index (χ0n) is 8.97. The predicted octanol–water partition coefficient (Wildman–Crippen LogP) is 1.61. The van der Waals surface area contributed by atoms with Crippen LogP contribution >= 0.6 is 0 Å². The van der Waals surface area contributed by atoms with Crippen molar-refractivity contribution in [2.45, 2.75) is 18.9 Å². The van der Waals surface area contributed by atoms with Crippen LogP contribution in [0.3, 0.4) is 0 Å². The first-order chi connectivity index (χ1) is 7.68. The molecule has 0 aromatic heterocycles. The number of hydrogen-bond acceptors (Lipinski definition) is 3. The van der Waals surface area contributed by atoms with Crippen LogP contribution in [0, 0.1) is 0 Å².